The van der Waals surface area contributed by atoms with E-state index in [0.717, 1.165) is 12.0 Å². The third kappa shape index (κ3) is 3.53. The van der Waals surface area contributed by atoms with Crippen molar-refractivity contribution in [1.82, 2.24) is 10.9 Å². The predicted molar refractivity (Wildman–Crippen MR) is 78.7 cm³/mol. The molecule has 1 amide bonds. The maximum atomic E-state index is 11.7. The van der Waals surface area contributed by atoms with Crippen LogP contribution in [0.1, 0.15) is 18.4 Å². The molecule has 0 radical (unpaired) electrons. The normalized spacial score (nSPS) is 20.8. The second kappa shape index (κ2) is 6.78. The molecule has 20 heavy (non-hydrogen) atoms. The Bertz CT molecular complexity index is 507. The molecule has 0 aromatic heterocycles. The quantitative estimate of drug-likeness (QED) is 0.819. The van der Waals surface area contributed by atoms with Gasteiger partial charge in [0.25, 0.3) is 0 Å². The van der Waals surface area contributed by atoms with Crippen molar-refractivity contribution in [3.63, 3.8) is 0 Å². The Morgan fingerprint density at radius 1 is 1.50 bits per heavy atom. The summed E-state index contributed by atoms with van der Waals surface area (Å²) in [6, 6.07) is 5.65. The molecular weight excluding hydrogens is 276 g/mol. The van der Waals surface area contributed by atoms with Crippen LogP contribution in [0.2, 0.25) is 0 Å². The highest BCUT2D eigenvalue weighted by Crippen LogP contribution is 2.29. The lowest BCUT2D eigenvalue weighted by Gasteiger charge is -2.21. The van der Waals surface area contributed by atoms with Crippen LogP contribution in [0.25, 0.3) is 6.08 Å². The van der Waals surface area contributed by atoms with Crippen molar-refractivity contribution in [2.24, 2.45) is 0 Å². The number of carbonyl (C=O) groups excluding carboxylic acids is 1. The second-order valence-electron chi connectivity index (χ2n) is 4.53. The second-order valence-corrected chi connectivity index (χ2v) is 5.88. The summed E-state index contributed by atoms with van der Waals surface area (Å²) in [5.74, 6) is 0.639. The van der Waals surface area contributed by atoms with E-state index in [1.807, 2.05) is 24.3 Å². The Morgan fingerprint density at radius 2 is 2.30 bits per heavy atom. The van der Waals surface area contributed by atoms with Gasteiger partial charge in [-0.15, -0.1) is 0 Å². The van der Waals surface area contributed by atoms with Gasteiger partial charge in [-0.1, -0.05) is 24.3 Å². The van der Waals surface area contributed by atoms with Gasteiger partial charge in [-0.3, -0.25) is 10.2 Å². The SMILES string of the molecule is COc1c(/C=C/C2CCC(=O)NN2)cccc1[S+](C)[O-]. The molecule has 1 aliphatic heterocycles. The summed E-state index contributed by atoms with van der Waals surface area (Å²) < 4.78 is 17.0. The van der Waals surface area contributed by atoms with Crippen LogP contribution in [0.3, 0.4) is 0 Å². The van der Waals surface area contributed by atoms with Crippen LogP contribution in [0.5, 0.6) is 5.75 Å². The van der Waals surface area contributed by atoms with Gasteiger partial charge in [-0.25, -0.2) is 5.43 Å². The maximum Gasteiger partial charge on any atom is 0.234 e. The zero-order chi connectivity index (χ0) is 14.5. The topological polar surface area (TPSA) is 73.4 Å². The summed E-state index contributed by atoms with van der Waals surface area (Å²) in [6.07, 6.45) is 6.79. The fourth-order valence-electron chi connectivity index (χ4n) is 2.07. The Labute approximate surface area is 121 Å². The maximum absolute atomic E-state index is 11.7. The Kier molecular flexibility index (Phi) is 5.05. The molecule has 2 N–H and O–H groups in total. The third-order valence-corrected chi connectivity index (χ3v) is 4.05. The first-order valence-electron chi connectivity index (χ1n) is 6.35. The lowest BCUT2D eigenvalue weighted by molar-refractivity contribution is -0.123. The van der Waals surface area contributed by atoms with Crippen molar-refractivity contribution >= 4 is 23.2 Å². The number of rotatable bonds is 4. The predicted octanol–water partition coefficient (Wildman–Crippen LogP) is 1.23. The summed E-state index contributed by atoms with van der Waals surface area (Å²) in [5, 5.41) is 0. The van der Waals surface area contributed by atoms with Gasteiger partial charge in [0, 0.05) is 18.0 Å². The average molecular weight is 294 g/mol. The number of para-hydroxylation sites is 1. The van der Waals surface area contributed by atoms with Gasteiger partial charge in [0.1, 0.15) is 6.26 Å². The first-order valence-corrected chi connectivity index (χ1v) is 7.90. The number of amides is 1. The van der Waals surface area contributed by atoms with Crippen molar-refractivity contribution in [2.45, 2.75) is 23.8 Å². The highest BCUT2D eigenvalue weighted by atomic mass is 32.2. The molecule has 2 unspecified atom stereocenters. The van der Waals surface area contributed by atoms with Crippen LogP contribution in [0.15, 0.2) is 29.2 Å². The van der Waals surface area contributed by atoms with Crippen molar-refractivity contribution < 1.29 is 14.1 Å². The average Bonchev–Trinajstić information content (AvgIpc) is 2.46. The Balaban J connectivity index is 2.16. The van der Waals surface area contributed by atoms with Gasteiger partial charge in [0.05, 0.1) is 7.11 Å². The van der Waals surface area contributed by atoms with Gasteiger partial charge in [-0.05, 0) is 23.7 Å². The van der Waals surface area contributed by atoms with Gasteiger partial charge >= 0.3 is 0 Å². The van der Waals surface area contributed by atoms with Crippen LogP contribution < -0.4 is 15.6 Å². The molecule has 1 fully saturated rings. The molecule has 1 heterocycles. The van der Waals surface area contributed by atoms with Crippen molar-refractivity contribution in [2.75, 3.05) is 13.4 Å². The summed E-state index contributed by atoms with van der Waals surface area (Å²) >= 11 is -1.10. The van der Waals surface area contributed by atoms with Crippen molar-refractivity contribution in [3.8, 4) is 5.75 Å². The molecular formula is C14H18N2O3S. The molecule has 108 valence electrons. The monoisotopic (exact) mass is 294 g/mol. The summed E-state index contributed by atoms with van der Waals surface area (Å²) in [6.45, 7) is 0. The first-order chi connectivity index (χ1) is 9.61. The fourth-order valence-corrected chi connectivity index (χ4v) is 2.80. The molecule has 5 nitrogen and oxygen atoms in total. The number of nitrogens with one attached hydrogen (secondary N) is 2. The van der Waals surface area contributed by atoms with E-state index in [0.29, 0.717) is 17.1 Å². The highest BCUT2D eigenvalue weighted by Gasteiger charge is 2.17. The van der Waals surface area contributed by atoms with Crippen molar-refractivity contribution in [1.29, 1.82) is 0 Å². The summed E-state index contributed by atoms with van der Waals surface area (Å²) in [4.78, 5) is 11.7. The minimum atomic E-state index is -1.10. The van der Waals surface area contributed by atoms with Gasteiger partial charge in [0.2, 0.25) is 5.91 Å². The van der Waals surface area contributed by atoms with E-state index in [9.17, 15) is 9.35 Å². The first kappa shape index (κ1) is 14.9. The summed E-state index contributed by atoms with van der Waals surface area (Å²) in [7, 11) is 1.57. The minimum absolute atomic E-state index is 0.00982. The largest absolute Gasteiger partial charge is 0.612 e. The number of hydrogen-bond acceptors (Lipinski definition) is 4. The van der Waals surface area contributed by atoms with Gasteiger partial charge in [0.15, 0.2) is 10.6 Å². The lowest BCUT2D eigenvalue weighted by atomic mass is 10.1. The van der Waals surface area contributed by atoms with Crippen molar-refractivity contribution in [3.05, 3.63) is 29.8 Å². The molecule has 6 heteroatoms. The van der Waals surface area contributed by atoms with Crippen LogP contribution in [0, 0.1) is 0 Å². The number of hydrogen-bond donors (Lipinski definition) is 2. The Hall–Kier alpha value is -1.50. The standard InChI is InChI=1S/C14H18N2O3S/c1-19-14-10(4-3-5-12(14)20(2)18)6-7-11-8-9-13(17)16-15-11/h3-7,11,15H,8-9H2,1-2H3,(H,16,17)/b7-6+. The molecule has 0 saturated carbocycles. The van der Waals surface area contributed by atoms with E-state index in [-0.39, 0.29) is 11.9 Å². The van der Waals surface area contributed by atoms with Gasteiger partial charge < -0.3 is 9.29 Å². The molecule has 1 aromatic carbocycles. The molecule has 1 saturated heterocycles. The van der Waals surface area contributed by atoms with E-state index < -0.39 is 11.2 Å². The van der Waals surface area contributed by atoms with Crippen LogP contribution in [-0.2, 0) is 16.0 Å². The van der Waals surface area contributed by atoms with E-state index >= 15 is 0 Å². The minimum Gasteiger partial charge on any atom is -0.612 e. The summed E-state index contributed by atoms with van der Waals surface area (Å²) in [5.41, 5.74) is 6.41. The van der Waals surface area contributed by atoms with Crippen LogP contribution in [-0.4, -0.2) is 29.9 Å². The van der Waals surface area contributed by atoms with Crippen LogP contribution in [0.4, 0.5) is 0 Å². The number of carbonyl (C=O) groups is 1. The molecule has 2 rings (SSSR count). The van der Waals surface area contributed by atoms with Crippen LogP contribution >= 0.6 is 0 Å². The molecule has 0 spiro atoms. The third-order valence-electron chi connectivity index (χ3n) is 3.11. The zero-order valence-corrected chi connectivity index (χ0v) is 12.3. The number of benzene rings is 1. The number of ether oxygens (including phenoxy) is 1. The van der Waals surface area contributed by atoms with E-state index in [2.05, 4.69) is 10.9 Å². The highest BCUT2D eigenvalue weighted by molar-refractivity contribution is 7.90. The lowest BCUT2D eigenvalue weighted by Crippen LogP contribution is -2.48. The number of methoxy groups -OCH3 is 1. The zero-order valence-electron chi connectivity index (χ0n) is 11.5. The van der Waals surface area contributed by atoms with E-state index in [1.165, 1.54) is 0 Å². The van der Waals surface area contributed by atoms with Gasteiger partial charge in [-0.2, -0.15) is 0 Å². The molecule has 0 aliphatic carbocycles. The fraction of sp³-hybridized carbons (Fsp3) is 0.357. The Morgan fingerprint density at radius 3 is 2.90 bits per heavy atom. The van der Waals surface area contributed by atoms with E-state index in [1.54, 1.807) is 19.4 Å². The molecule has 1 aromatic rings. The molecule has 2 atom stereocenters. The smallest absolute Gasteiger partial charge is 0.234 e. The van der Waals surface area contributed by atoms with E-state index in [4.69, 9.17) is 4.74 Å². The molecule has 0 bridgehead atoms. The molecule has 1 aliphatic rings. The number of hydrazine groups is 1.